The number of rotatable bonds is 9. The Morgan fingerprint density at radius 1 is 1.24 bits per heavy atom. The van der Waals surface area contributed by atoms with E-state index in [9.17, 15) is 9.59 Å². The molecule has 6 heteroatoms. The minimum absolute atomic E-state index is 0.00643. The van der Waals surface area contributed by atoms with Crippen molar-refractivity contribution in [2.75, 3.05) is 40.3 Å². The highest BCUT2D eigenvalue weighted by molar-refractivity contribution is 7.12. The summed E-state index contributed by atoms with van der Waals surface area (Å²) < 4.78 is 4.92. The smallest absolute Gasteiger partial charge is 0.307 e. The molecule has 0 aliphatic heterocycles. The summed E-state index contributed by atoms with van der Waals surface area (Å²) in [5.41, 5.74) is 0. The zero-order valence-electron chi connectivity index (χ0n) is 13.0. The Kier molecular flexibility index (Phi) is 8.00. The second kappa shape index (κ2) is 9.52. The fraction of sp³-hybridized carbons (Fsp3) is 0.600. The molecular formula is C15H24N2O3S. The summed E-state index contributed by atoms with van der Waals surface area (Å²) in [5, 5.41) is 1.89. The van der Waals surface area contributed by atoms with E-state index in [1.807, 2.05) is 31.6 Å². The lowest BCUT2D eigenvalue weighted by molar-refractivity contribution is -0.143. The molecule has 0 aromatic carbocycles. The third-order valence-electron chi connectivity index (χ3n) is 2.94. The maximum Gasteiger partial charge on any atom is 0.307 e. The molecule has 0 saturated carbocycles. The number of esters is 1. The van der Waals surface area contributed by atoms with Crippen molar-refractivity contribution in [3.63, 3.8) is 0 Å². The number of nitrogens with zero attached hydrogens (tertiary/aromatic N) is 2. The Labute approximate surface area is 130 Å². The van der Waals surface area contributed by atoms with E-state index in [4.69, 9.17) is 4.74 Å². The molecule has 0 radical (unpaired) electrons. The summed E-state index contributed by atoms with van der Waals surface area (Å²) in [7, 11) is 4.01. The van der Waals surface area contributed by atoms with Gasteiger partial charge in [-0.05, 0) is 45.4 Å². The number of amides is 1. The maximum atomic E-state index is 12.4. The molecule has 118 valence electrons. The van der Waals surface area contributed by atoms with E-state index < -0.39 is 0 Å². The Morgan fingerprint density at radius 3 is 2.57 bits per heavy atom. The molecule has 0 saturated heterocycles. The molecule has 0 atom stereocenters. The summed E-state index contributed by atoms with van der Waals surface area (Å²) in [6.07, 6.45) is 1.12. The average Bonchev–Trinajstić information content (AvgIpc) is 2.95. The number of carbonyl (C=O) groups excluding carboxylic acids is 2. The van der Waals surface area contributed by atoms with E-state index in [0.717, 1.165) is 13.0 Å². The van der Waals surface area contributed by atoms with Crippen molar-refractivity contribution in [1.29, 1.82) is 0 Å². The van der Waals surface area contributed by atoms with Crippen LogP contribution in [0.2, 0.25) is 0 Å². The quantitative estimate of drug-likeness (QED) is 0.655. The minimum Gasteiger partial charge on any atom is -0.466 e. The van der Waals surface area contributed by atoms with Gasteiger partial charge in [0, 0.05) is 13.1 Å². The SMILES string of the molecule is CCOC(=O)CCN(CCCN(C)C)C(=O)c1cccs1. The van der Waals surface area contributed by atoms with Crippen LogP contribution in [0.15, 0.2) is 17.5 Å². The molecule has 1 amide bonds. The number of hydrogen-bond acceptors (Lipinski definition) is 5. The lowest BCUT2D eigenvalue weighted by Crippen LogP contribution is -2.35. The number of hydrogen-bond donors (Lipinski definition) is 0. The van der Waals surface area contributed by atoms with Gasteiger partial charge in [-0.3, -0.25) is 9.59 Å². The van der Waals surface area contributed by atoms with Gasteiger partial charge in [-0.2, -0.15) is 0 Å². The van der Waals surface area contributed by atoms with Crippen LogP contribution in [-0.4, -0.2) is 62.0 Å². The van der Waals surface area contributed by atoms with Gasteiger partial charge in [0.2, 0.25) is 0 Å². The molecule has 0 fully saturated rings. The van der Waals surface area contributed by atoms with Crippen molar-refractivity contribution < 1.29 is 14.3 Å². The van der Waals surface area contributed by atoms with Gasteiger partial charge in [-0.25, -0.2) is 0 Å². The first kappa shape index (κ1) is 17.7. The Bertz CT molecular complexity index is 432. The number of ether oxygens (including phenoxy) is 1. The first-order chi connectivity index (χ1) is 10.0. The summed E-state index contributed by atoms with van der Waals surface area (Å²) in [5.74, 6) is -0.262. The molecule has 1 rings (SSSR count). The number of thiophene rings is 1. The topological polar surface area (TPSA) is 49.9 Å². The van der Waals surface area contributed by atoms with Crippen LogP contribution in [0.25, 0.3) is 0 Å². The van der Waals surface area contributed by atoms with Crippen molar-refractivity contribution in [3.05, 3.63) is 22.4 Å². The largest absolute Gasteiger partial charge is 0.466 e. The van der Waals surface area contributed by atoms with Crippen LogP contribution in [0.3, 0.4) is 0 Å². The monoisotopic (exact) mass is 312 g/mol. The highest BCUT2D eigenvalue weighted by Crippen LogP contribution is 2.13. The third kappa shape index (κ3) is 6.73. The maximum absolute atomic E-state index is 12.4. The first-order valence-corrected chi connectivity index (χ1v) is 8.05. The second-order valence-corrected chi connectivity index (χ2v) is 5.93. The Hall–Kier alpha value is -1.40. The summed E-state index contributed by atoms with van der Waals surface area (Å²) >= 11 is 1.43. The third-order valence-corrected chi connectivity index (χ3v) is 3.80. The molecule has 0 aliphatic carbocycles. The van der Waals surface area contributed by atoms with Crippen LogP contribution < -0.4 is 0 Å². The molecule has 0 aliphatic rings. The minimum atomic E-state index is -0.255. The van der Waals surface area contributed by atoms with E-state index in [1.54, 1.807) is 11.8 Å². The molecule has 1 aromatic heterocycles. The van der Waals surface area contributed by atoms with E-state index in [1.165, 1.54) is 11.3 Å². The molecule has 21 heavy (non-hydrogen) atoms. The van der Waals surface area contributed by atoms with E-state index >= 15 is 0 Å². The first-order valence-electron chi connectivity index (χ1n) is 7.17. The fourth-order valence-electron chi connectivity index (χ4n) is 1.91. The standard InChI is InChI=1S/C15H24N2O3S/c1-4-20-14(18)8-11-17(10-6-9-16(2)3)15(19)13-7-5-12-21-13/h5,7,12H,4,6,8-11H2,1-3H3. The van der Waals surface area contributed by atoms with Crippen LogP contribution in [0.4, 0.5) is 0 Å². The van der Waals surface area contributed by atoms with Crippen molar-refractivity contribution in [2.45, 2.75) is 19.8 Å². The molecule has 0 bridgehead atoms. The summed E-state index contributed by atoms with van der Waals surface area (Å²) in [4.78, 5) is 28.4. The molecule has 0 N–H and O–H groups in total. The zero-order valence-corrected chi connectivity index (χ0v) is 13.8. The number of carbonyl (C=O) groups is 2. The highest BCUT2D eigenvalue weighted by atomic mass is 32.1. The predicted molar refractivity (Wildman–Crippen MR) is 84.6 cm³/mol. The normalized spacial score (nSPS) is 10.7. The Morgan fingerprint density at radius 2 is 2.00 bits per heavy atom. The van der Waals surface area contributed by atoms with Gasteiger partial charge in [-0.15, -0.1) is 11.3 Å². The Balaban J connectivity index is 2.56. The van der Waals surface area contributed by atoms with E-state index in [2.05, 4.69) is 4.90 Å². The lowest BCUT2D eigenvalue weighted by atomic mass is 10.3. The van der Waals surface area contributed by atoms with Gasteiger partial charge in [0.1, 0.15) is 0 Å². The molecule has 1 heterocycles. The molecule has 1 aromatic rings. The van der Waals surface area contributed by atoms with Crippen molar-refractivity contribution in [1.82, 2.24) is 9.80 Å². The molecule has 5 nitrogen and oxygen atoms in total. The second-order valence-electron chi connectivity index (χ2n) is 4.98. The van der Waals surface area contributed by atoms with Crippen LogP contribution in [0, 0.1) is 0 Å². The van der Waals surface area contributed by atoms with Gasteiger partial charge in [0.15, 0.2) is 0 Å². The van der Waals surface area contributed by atoms with E-state index in [0.29, 0.717) is 24.6 Å². The van der Waals surface area contributed by atoms with Crippen LogP contribution in [0.5, 0.6) is 0 Å². The average molecular weight is 312 g/mol. The molecular weight excluding hydrogens is 288 g/mol. The van der Waals surface area contributed by atoms with Gasteiger partial charge < -0.3 is 14.5 Å². The summed E-state index contributed by atoms with van der Waals surface area (Å²) in [6.45, 7) is 4.12. The van der Waals surface area contributed by atoms with Gasteiger partial charge in [-0.1, -0.05) is 6.07 Å². The van der Waals surface area contributed by atoms with E-state index in [-0.39, 0.29) is 18.3 Å². The van der Waals surface area contributed by atoms with Crippen LogP contribution in [-0.2, 0) is 9.53 Å². The van der Waals surface area contributed by atoms with Crippen LogP contribution >= 0.6 is 11.3 Å². The zero-order chi connectivity index (χ0) is 15.7. The predicted octanol–water partition coefficient (Wildman–Crippen LogP) is 2.10. The van der Waals surface area contributed by atoms with Gasteiger partial charge >= 0.3 is 5.97 Å². The fourth-order valence-corrected chi connectivity index (χ4v) is 2.60. The molecule has 0 spiro atoms. The highest BCUT2D eigenvalue weighted by Gasteiger charge is 2.17. The van der Waals surface area contributed by atoms with Crippen molar-refractivity contribution >= 4 is 23.2 Å². The van der Waals surface area contributed by atoms with Crippen molar-refractivity contribution in [3.8, 4) is 0 Å². The van der Waals surface area contributed by atoms with Gasteiger partial charge in [0.05, 0.1) is 17.9 Å². The van der Waals surface area contributed by atoms with Crippen molar-refractivity contribution in [2.24, 2.45) is 0 Å². The molecule has 0 unspecified atom stereocenters. The van der Waals surface area contributed by atoms with Crippen LogP contribution in [0.1, 0.15) is 29.4 Å². The van der Waals surface area contributed by atoms with Gasteiger partial charge in [0.25, 0.3) is 5.91 Å². The lowest BCUT2D eigenvalue weighted by Gasteiger charge is -2.22. The summed E-state index contributed by atoms with van der Waals surface area (Å²) in [6, 6.07) is 3.68.